The smallest absolute Gasteiger partial charge is 0.245 e. The van der Waals surface area contributed by atoms with Crippen molar-refractivity contribution in [3.63, 3.8) is 0 Å². The molecular weight excluding hydrogens is 244 g/mol. The van der Waals surface area contributed by atoms with Gasteiger partial charge in [-0.1, -0.05) is 19.8 Å². The van der Waals surface area contributed by atoms with Crippen LogP contribution in [0.5, 0.6) is 11.5 Å². The van der Waals surface area contributed by atoms with Crippen molar-refractivity contribution in [1.29, 1.82) is 0 Å². The summed E-state index contributed by atoms with van der Waals surface area (Å²) < 4.78 is 11.3. The molecule has 0 fully saturated rings. The molecule has 0 radical (unpaired) electrons. The van der Waals surface area contributed by atoms with E-state index in [2.05, 4.69) is 20.0 Å². The maximum Gasteiger partial charge on any atom is 0.245 e. The van der Waals surface area contributed by atoms with E-state index in [1.807, 2.05) is 0 Å². The molecule has 18 heavy (non-hydrogen) atoms. The number of benzene rings is 1. The fourth-order valence-electron chi connectivity index (χ4n) is 1.78. The summed E-state index contributed by atoms with van der Waals surface area (Å²) in [5, 5.41) is 0. The molecule has 0 bridgehead atoms. The molecule has 0 aliphatic heterocycles. The zero-order chi connectivity index (χ0) is 13.6. The Balaban J connectivity index is 2.90. The van der Waals surface area contributed by atoms with Crippen molar-refractivity contribution in [3.8, 4) is 11.5 Å². The minimum Gasteiger partial charge on any atom is -0.543 e. The van der Waals surface area contributed by atoms with E-state index in [0.717, 1.165) is 18.1 Å². The highest BCUT2D eigenvalue weighted by Gasteiger charge is 2.24. The first-order valence-electron chi connectivity index (χ1n) is 6.34. The van der Waals surface area contributed by atoms with Crippen molar-refractivity contribution < 1.29 is 14.0 Å². The summed E-state index contributed by atoms with van der Waals surface area (Å²) in [6, 6.07) is 6.41. The molecule has 0 saturated carbocycles. The van der Waals surface area contributed by atoms with Crippen LogP contribution in [0.1, 0.15) is 30.1 Å². The van der Waals surface area contributed by atoms with Gasteiger partial charge in [0, 0.05) is 6.07 Å². The topological polar surface area (TPSA) is 35.5 Å². The van der Waals surface area contributed by atoms with Gasteiger partial charge in [0.05, 0.1) is 12.7 Å². The lowest BCUT2D eigenvalue weighted by atomic mass is 10.2. The molecule has 0 unspecified atom stereocenters. The number of rotatable bonds is 7. The molecule has 3 nitrogen and oxygen atoms in total. The molecule has 1 aromatic rings. The van der Waals surface area contributed by atoms with Gasteiger partial charge in [0.15, 0.2) is 6.29 Å². The molecule has 4 heteroatoms. The average molecular weight is 266 g/mol. The Morgan fingerprint density at radius 3 is 2.61 bits per heavy atom. The van der Waals surface area contributed by atoms with Gasteiger partial charge in [0.25, 0.3) is 0 Å². The van der Waals surface area contributed by atoms with E-state index < -0.39 is 8.32 Å². The summed E-state index contributed by atoms with van der Waals surface area (Å²) in [7, 11) is -0.152. The first kappa shape index (κ1) is 14.8. The van der Waals surface area contributed by atoms with E-state index in [4.69, 9.17) is 9.16 Å². The third-order valence-corrected chi connectivity index (χ3v) is 5.20. The summed E-state index contributed by atoms with van der Waals surface area (Å²) >= 11 is 0. The second-order valence-electron chi connectivity index (χ2n) is 4.99. The number of hydrogen-bond donors (Lipinski definition) is 0. The molecular formula is C14H22O3Si. The lowest BCUT2D eigenvalue weighted by Crippen LogP contribution is -2.34. The third kappa shape index (κ3) is 4.18. The van der Waals surface area contributed by atoms with Crippen molar-refractivity contribution in [2.45, 2.75) is 38.9 Å². The molecule has 0 spiro atoms. The highest BCUT2D eigenvalue weighted by Crippen LogP contribution is 2.27. The summed E-state index contributed by atoms with van der Waals surface area (Å²) in [5.74, 6) is 1.37. The van der Waals surface area contributed by atoms with Gasteiger partial charge in [-0.3, -0.25) is 4.79 Å². The molecule has 0 amide bonds. The summed E-state index contributed by atoms with van der Waals surface area (Å²) in [6.45, 7) is 6.53. The van der Waals surface area contributed by atoms with Crippen LogP contribution in [0, 0.1) is 0 Å². The van der Waals surface area contributed by atoms with E-state index in [1.165, 1.54) is 12.8 Å². The molecule has 0 heterocycles. The minimum atomic E-state index is -1.76. The van der Waals surface area contributed by atoms with E-state index in [1.54, 1.807) is 25.3 Å². The Kier molecular flexibility index (Phi) is 5.41. The number of aldehydes is 1. The zero-order valence-electron chi connectivity index (χ0n) is 11.7. The predicted octanol–water partition coefficient (Wildman–Crippen LogP) is 3.89. The van der Waals surface area contributed by atoms with E-state index in [9.17, 15) is 4.79 Å². The van der Waals surface area contributed by atoms with Gasteiger partial charge < -0.3 is 9.16 Å². The van der Waals surface area contributed by atoms with Gasteiger partial charge in [-0.2, -0.15) is 0 Å². The minimum absolute atomic E-state index is 0.591. The first-order valence-corrected chi connectivity index (χ1v) is 9.46. The molecule has 0 atom stereocenters. The van der Waals surface area contributed by atoms with E-state index >= 15 is 0 Å². The molecule has 1 aromatic carbocycles. The molecule has 0 N–H and O–H groups in total. The number of carbonyl (C=O) groups excluding carboxylic acids is 1. The maximum atomic E-state index is 11.0. The highest BCUT2D eigenvalue weighted by molar-refractivity contribution is 6.71. The van der Waals surface area contributed by atoms with Gasteiger partial charge in [0.2, 0.25) is 8.32 Å². The van der Waals surface area contributed by atoms with Crippen LogP contribution < -0.4 is 9.16 Å². The first-order chi connectivity index (χ1) is 8.52. The maximum absolute atomic E-state index is 11.0. The molecule has 100 valence electrons. The Bertz CT molecular complexity index is 402. The second-order valence-corrected chi connectivity index (χ2v) is 9.21. The highest BCUT2D eigenvalue weighted by atomic mass is 28.4. The number of carbonyl (C=O) groups is 1. The van der Waals surface area contributed by atoms with Gasteiger partial charge in [-0.15, -0.1) is 0 Å². The number of ether oxygens (including phenoxy) is 1. The van der Waals surface area contributed by atoms with Crippen molar-refractivity contribution in [2.75, 3.05) is 7.11 Å². The van der Waals surface area contributed by atoms with Crippen molar-refractivity contribution in [3.05, 3.63) is 23.8 Å². The van der Waals surface area contributed by atoms with Crippen molar-refractivity contribution in [1.82, 2.24) is 0 Å². The van der Waals surface area contributed by atoms with Crippen LogP contribution in [-0.4, -0.2) is 21.7 Å². The Morgan fingerprint density at radius 1 is 1.33 bits per heavy atom. The standard InChI is InChI=1S/C14H22O3Si/c1-5-6-9-18(3,4)17-14-10-13(16-2)8-7-12(14)11-15/h7-8,10-11H,5-6,9H2,1-4H3. The van der Waals surface area contributed by atoms with Crippen molar-refractivity contribution >= 4 is 14.6 Å². The monoisotopic (exact) mass is 266 g/mol. The number of hydrogen-bond acceptors (Lipinski definition) is 3. The quantitative estimate of drug-likeness (QED) is 0.555. The van der Waals surface area contributed by atoms with Crippen LogP contribution >= 0.6 is 0 Å². The van der Waals surface area contributed by atoms with Crippen molar-refractivity contribution in [2.24, 2.45) is 0 Å². The molecule has 0 saturated heterocycles. The van der Waals surface area contributed by atoms with Gasteiger partial charge in [-0.25, -0.2) is 0 Å². The molecule has 0 aliphatic carbocycles. The summed E-state index contributed by atoms with van der Waals surface area (Å²) in [5.41, 5.74) is 0.591. The normalized spacial score (nSPS) is 11.1. The number of unbranched alkanes of at least 4 members (excludes halogenated alkanes) is 1. The van der Waals surface area contributed by atoms with Gasteiger partial charge >= 0.3 is 0 Å². The summed E-state index contributed by atoms with van der Waals surface area (Å²) in [6.07, 6.45) is 3.16. The zero-order valence-corrected chi connectivity index (χ0v) is 12.7. The van der Waals surface area contributed by atoms with Crippen LogP contribution in [-0.2, 0) is 0 Å². The molecule has 0 aliphatic rings. The Hall–Kier alpha value is -1.29. The van der Waals surface area contributed by atoms with Crippen LogP contribution in [0.2, 0.25) is 19.1 Å². The second kappa shape index (κ2) is 6.59. The van der Waals surface area contributed by atoms with Crippen LogP contribution in [0.3, 0.4) is 0 Å². The average Bonchev–Trinajstić information content (AvgIpc) is 2.36. The predicted molar refractivity (Wildman–Crippen MR) is 76.2 cm³/mol. The van der Waals surface area contributed by atoms with Gasteiger partial charge in [0.1, 0.15) is 11.5 Å². The van der Waals surface area contributed by atoms with Crippen LogP contribution in [0.25, 0.3) is 0 Å². The van der Waals surface area contributed by atoms with E-state index in [0.29, 0.717) is 11.3 Å². The van der Waals surface area contributed by atoms with Crippen LogP contribution in [0.4, 0.5) is 0 Å². The lowest BCUT2D eigenvalue weighted by molar-refractivity contribution is 0.112. The largest absolute Gasteiger partial charge is 0.543 e. The van der Waals surface area contributed by atoms with Gasteiger partial charge in [-0.05, 0) is 31.3 Å². The summed E-state index contributed by atoms with van der Waals surface area (Å²) in [4.78, 5) is 11.0. The van der Waals surface area contributed by atoms with E-state index in [-0.39, 0.29) is 0 Å². The Morgan fingerprint density at radius 2 is 2.06 bits per heavy atom. The SMILES string of the molecule is CCCC[Si](C)(C)Oc1cc(OC)ccc1C=O. The molecule has 1 rings (SSSR count). The number of methoxy groups -OCH3 is 1. The lowest BCUT2D eigenvalue weighted by Gasteiger charge is -2.25. The third-order valence-electron chi connectivity index (χ3n) is 2.87. The Labute approximate surface area is 110 Å². The fraction of sp³-hybridized carbons (Fsp3) is 0.500. The fourth-order valence-corrected chi connectivity index (χ4v) is 3.86. The molecule has 0 aromatic heterocycles. The van der Waals surface area contributed by atoms with Crippen LogP contribution in [0.15, 0.2) is 18.2 Å².